The molecular formula is C17H21ClN2O. The number of fused-ring (bicyclic) bond motifs is 1. The molecule has 0 radical (unpaired) electrons. The number of halogens is 1. The minimum atomic E-state index is 0.181. The predicted octanol–water partition coefficient (Wildman–Crippen LogP) is 4.54. The first kappa shape index (κ1) is 14.5. The summed E-state index contributed by atoms with van der Waals surface area (Å²) in [5.41, 5.74) is 0.181. The zero-order chi connectivity index (χ0) is 14.7. The number of aromatic nitrogens is 1. The molecule has 0 saturated heterocycles. The van der Waals surface area contributed by atoms with Gasteiger partial charge in [-0.2, -0.15) is 0 Å². The van der Waals surface area contributed by atoms with E-state index in [2.05, 4.69) is 10.3 Å². The molecule has 112 valence electrons. The van der Waals surface area contributed by atoms with Crippen LogP contribution in [0.5, 0.6) is 5.75 Å². The van der Waals surface area contributed by atoms with Crippen molar-refractivity contribution in [2.45, 2.75) is 32.1 Å². The maximum Gasteiger partial charge on any atom is 0.133 e. The second-order valence-electron chi connectivity index (χ2n) is 6.11. The number of nitrogens with zero attached hydrogens (tertiary/aromatic N) is 1. The minimum absolute atomic E-state index is 0.181. The molecule has 3 rings (SSSR count). The third-order valence-electron chi connectivity index (χ3n) is 4.58. The topological polar surface area (TPSA) is 45.2 Å². The lowest BCUT2D eigenvalue weighted by Gasteiger charge is -2.35. The van der Waals surface area contributed by atoms with Gasteiger partial charge in [0.15, 0.2) is 0 Å². The Bertz CT molecular complexity index is 623. The Balaban J connectivity index is 1.83. The number of phenols is 1. The third-order valence-corrected chi connectivity index (χ3v) is 5.15. The summed E-state index contributed by atoms with van der Waals surface area (Å²) < 4.78 is 0. The van der Waals surface area contributed by atoms with Gasteiger partial charge in [-0.05, 0) is 36.4 Å². The van der Waals surface area contributed by atoms with Crippen molar-refractivity contribution in [3.05, 3.63) is 30.5 Å². The molecule has 1 aromatic heterocycles. The molecule has 1 aliphatic carbocycles. The van der Waals surface area contributed by atoms with Gasteiger partial charge in [-0.15, -0.1) is 11.6 Å². The molecule has 1 aromatic carbocycles. The van der Waals surface area contributed by atoms with Crippen molar-refractivity contribution in [1.82, 2.24) is 4.98 Å². The van der Waals surface area contributed by atoms with Gasteiger partial charge in [0.25, 0.3) is 0 Å². The normalized spacial score (nSPS) is 17.8. The number of hydrogen-bond acceptors (Lipinski definition) is 3. The van der Waals surface area contributed by atoms with E-state index in [-0.39, 0.29) is 11.2 Å². The smallest absolute Gasteiger partial charge is 0.133 e. The molecule has 1 saturated carbocycles. The summed E-state index contributed by atoms with van der Waals surface area (Å²) in [6.07, 6.45) is 8.00. The highest BCUT2D eigenvalue weighted by Gasteiger charge is 2.31. The van der Waals surface area contributed by atoms with Crippen LogP contribution in [-0.2, 0) is 0 Å². The largest absolute Gasteiger partial charge is 0.508 e. The van der Waals surface area contributed by atoms with Crippen LogP contribution in [0.2, 0.25) is 0 Å². The van der Waals surface area contributed by atoms with E-state index in [1.807, 2.05) is 12.1 Å². The fourth-order valence-electron chi connectivity index (χ4n) is 3.23. The highest BCUT2D eigenvalue weighted by molar-refractivity contribution is 6.18. The number of rotatable bonds is 4. The van der Waals surface area contributed by atoms with Crippen LogP contribution in [0.3, 0.4) is 0 Å². The first-order valence-corrected chi connectivity index (χ1v) is 8.14. The van der Waals surface area contributed by atoms with Gasteiger partial charge in [-0.1, -0.05) is 25.3 Å². The molecule has 3 nitrogen and oxygen atoms in total. The molecule has 21 heavy (non-hydrogen) atoms. The highest BCUT2D eigenvalue weighted by atomic mass is 35.5. The van der Waals surface area contributed by atoms with Crippen LogP contribution in [0.1, 0.15) is 32.1 Å². The molecule has 0 spiro atoms. The van der Waals surface area contributed by atoms with Gasteiger partial charge >= 0.3 is 0 Å². The molecule has 2 aromatic rings. The van der Waals surface area contributed by atoms with Crippen LogP contribution in [0.15, 0.2) is 30.5 Å². The van der Waals surface area contributed by atoms with Gasteiger partial charge in [-0.25, -0.2) is 4.98 Å². The van der Waals surface area contributed by atoms with Gasteiger partial charge in [0, 0.05) is 29.4 Å². The van der Waals surface area contributed by atoms with E-state index in [1.54, 1.807) is 18.3 Å². The van der Waals surface area contributed by atoms with E-state index in [9.17, 15) is 5.11 Å². The lowest BCUT2D eigenvalue weighted by atomic mass is 9.75. The number of aromatic hydroxyl groups is 1. The average Bonchev–Trinajstić information content (AvgIpc) is 2.54. The van der Waals surface area contributed by atoms with Gasteiger partial charge in [0.1, 0.15) is 11.6 Å². The molecule has 0 unspecified atom stereocenters. The Kier molecular flexibility index (Phi) is 4.20. The van der Waals surface area contributed by atoms with Gasteiger partial charge in [0.05, 0.1) is 0 Å². The number of benzene rings is 1. The number of phenolic OH excluding ortho intramolecular Hbond substituents is 1. The maximum atomic E-state index is 9.69. The van der Waals surface area contributed by atoms with Crippen molar-refractivity contribution in [1.29, 1.82) is 0 Å². The number of alkyl halides is 1. The van der Waals surface area contributed by atoms with Crippen molar-refractivity contribution in [3.63, 3.8) is 0 Å². The second kappa shape index (κ2) is 6.10. The van der Waals surface area contributed by atoms with E-state index in [0.717, 1.165) is 23.1 Å². The minimum Gasteiger partial charge on any atom is -0.508 e. The first-order valence-electron chi connectivity index (χ1n) is 7.60. The van der Waals surface area contributed by atoms with E-state index in [1.165, 1.54) is 32.1 Å². The van der Waals surface area contributed by atoms with Crippen molar-refractivity contribution >= 4 is 28.2 Å². The quantitative estimate of drug-likeness (QED) is 0.815. The van der Waals surface area contributed by atoms with Crippen molar-refractivity contribution in [3.8, 4) is 5.75 Å². The molecule has 0 atom stereocenters. The zero-order valence-corrected chi connectivity index (χ0v) is 12.9. The Morgan fingerprint density at radius 2 is 2.00 bits per heavy atom. The SMILES string of the molecule is Oc1ccc2ccnc(NCC3(CCl)CCCCC3)c2c1. The molecule has 0 bridgehead atoms. The van der Waals surface area contributed by atoms with Crippen LogP contribution < -0.4 is 5.32 Å². The predicted molar refractivity (Wildman–Crippen MR) is 88.1 cm³/mol. The summed E-state index contributed by atoms with van der Waals surface area (Å²) in [4.78, 5) is 4.43. The van der Waals surface area contributed by atoms with Gasteiger partial charge in [-0.3, -0.25) is 0 Å². The summed E-state index contributed by atoms with van der Waals surface area (Å²) in [7, 11) is 0. The lowest BCUT2D eigenvalue weighted by molar-refractivity contribution is 0.238. The van der Waals surface area contributed by atoms with Crippen LogP contribution in [0.25, 0.3) is 10.8 Å². The summed E-state index contributed by atoms with van der Waals surface area (Å²) in [5.74, 6) is 1.79. The lowest BCUT2D eigenvalue weighted by Crippen LogP contribution is -2.34. The average molecular weight is 305 g/mol. The zero-order valence-electron chi connectivity index (χ0n) is 12.1. The van der Waals surface area contributed by atoms with Crippen LogP contribution in [-0.4, -0.2) is 22.5 Å². The van der Waals surface area contributed by atoms with E-state index < -0.39 is 0 Å². The molecular weight excluding hydrogens is 284 g/mol. The molecule has 4 heteroatoms. The number of pyridine rings is 1. The molecule has 2 N–H and O–H groups in total. The van der Waals surface area contributed by atoms with Crippen molar-refractivity contribution in [2.75, 3.05) is 17.7 Å². The van der Waals surface area contributed by atoms with Crippen LogP contribution in [0, 0.1) is 5.41 Å². The first-order chi connectivity index (χ1) is 10.2. The van der Waals surface area contributed by atoms with E-state index >= 15 is 0 Å². The molecule has 0 amide bonds. The van der Waals surface area contributed by atoms with Crippen molar-refractivity contribution < 1.29 is 5.11 Å². The van der Waals surface area contributed by atoms with Gasteiger partial charge in [0.2, 0.25) is 0 Å². The van der Waals surface area contributed by atoms with E-state index in [4.69, 9.17) is 11.6 Å². The Morgan fingerprint density at radius 1 is 1.19 bits per heavy atom. The Morgan fingerprint density at radius 3 is 2.76 bits per heavy atom. The number of hydrogen-bond donors (Lipinski definition) is 2. The van der Waals surface area contributed by atoms with Crippen LogP contribution >= 0.6 is 11.6 Å². The molecule has 0 aliphatic heterocycles. The molecule has 1 aliphatic rings. The summed E-state index contributed by atoms with van der Waals surface area (Å²) in [6.45, 7) is 0.846. The standard InChI is InChI=1S/C17H21ClN2O/c18-11-17(7-2-1-3-8-17)12-20-16-15-10-14(21)5-4-13(15)6-9-19-16/h4-6,9-10,21H,1-3,7-8,11-12H2,(H,19,20). The summed E-state index contributed by atoms with van der Waals surface area (Å²) in [6, 6.07) is 7.33. The summed E-state index contributed by atoms with van der Waals surface area (Å²) >= 11 is 6.25. The summed E-state index contributed by atoms with van der Waals surface area (Å²) in [5, 5.41) is 15.2. The monoisotopic (exact) mass is 304 g/mol. The third kappa shape index (κ3) is 3.08. The maximum absolute atomic E-state index is 9.69. The molecule has 1 fully saturated rings. The number of nitrogens with one attached hydrogen (secondary N) is 1. The Hall–Kier alpha value is -1.48. The Labute approximate surface area is 130 Å². The van der Waals surface area contributed by atoms with E-state index in [0.29, 0.717) is 5.88 Å². The highest BCUT2D eigenvalue weighted by Crippen LogP contribution is 2.38. The fourth-order valence-corrected chi connectivity index (χ4v) is 3.59. The number of anilines is 1. The van der Waals surface area contributed by atoms with Gasteiger partial charge < -0.3 is 10.4 Å². The van der Waals surface area contributed by atoms with Crippen molar-refractivity contribution in [2.24, 2.45) is 5.41 Å². The molecule has 1 heterocycles. The van der Waals surface area contributed by atoms with Crippen LogP contribution in [0.4, 0.5) is 5.82 Å². The second-order valence-corrected chi connectivity index (χ2v) is 6.38. The fraction of sp³-hybridized carbons (Fsp3) is 0.471.